The van der Waals surface area contributed by atoms with Crippen LogP contribution in [0.4, 0.5) is 4.79 Å². The summed E-state index contributed by atoms with van der Waals surface area (Å²) >= 11 is 3.32. The lowest BCUT2D eigenvalue weighted by molar-refractivity contribution is -0.150. The molecule has 32 heavy (non-hydrogen) atoms. The highest BCUT2D eigenvalue weighted by atomic mass is 79.9. The van der Waals surface area contributed by atoms with E-state index in [1.54, 1.807) is 53.7 Å². The standard InChI is InChI=1S/C22H32BrN3O6/c1-12-8-13(10-16(23)24-12)31-14-9-15(19(28)29)26(11-14)18(27)17(21(2,3)4)25-20(30)32-22(5,6)7/h8,10,14-15,17H,9,11H2,1-7H3,(H,25,30)(H,28,29)/t14-,15?,17-/m1/s1. The number of carbonyl (C=O) groups is 3. The van der Waals surface area contributed by atoms with E-state index < -0.39 is 47.2 Å². The van der Waals surface area contributed by atoms with Gasteiger partial charge in [0.05, 0.1) is 6.54 Å². The molecule has 0 spiro atoms. The van der Waals surface area contributed by atoms with Gasteiger partial charge < -0.3 is 24.8 Å². The van der Waals surface area contributed by atoms with Crippen molar-refractivity contribution in [2.75, 3.05) is 6.54 Å². The van der Waals surface area contributed by atoms with Crippen LogP contribution in [0.1, 0.15) is 53.7 Å². The van der Waals surface area contributed by atoms with Crippen LogP contribution in [-0.4, -0.2) is 63.3 Å². The number of nitrogens with zero attached hydrogens (tertiary/aromatic N) is 2. The predicted octanol–water partition coefficient (Wildman–Crippen LogP) is 3.52. The highest BCUT2D eigenvalue weighted by Gasteiger charge is 2.46. The number of likely N-dealkylation sites (tertiary alicyclic amines) is 1. The first-order valence-electron chi connectivity index (χ1n) is 10.4. The smallest absolute Gasteiger partial charge is 0.408 e. The number of aryl methyl sites for hydroxylation is 1. The molecule has 1 fully saturated rings. The number of alkyl carbamates (subject to hydrolysis) is 1. The van der Waals surface area contributed by atoms with Gasteiger partial charge in [-0.3, -0.25) is 4.79 Å². The van der Waals surface area contributed by atoms with Crippen LogP contribution in [0.15, 0.2) is 16.7 Å². The Kier molecular flexibility index (Phi) is 7.80. The summed E-state index contributed by atoms with van der Waals surface area (Å²) in [6.07, 6.45) is -1.12. The van der Waals surface area contributed by atoms with Crippen molar-refractivity contribution in [2.24, 2.45) is 5.41 Å². The van der Waals surface area contributed by atoms with E-state index in [2.05, 4.69) is 26.2 Å². The van der Waals surface area contributed by atoms with Crippen LogP contribution in [0.25, 0.3) is 0 Å². The van der Waals surface area contributed by atoms with Gasteiger partial charge in [-0.2, -0.15) is 0 Å². The number of carbonyl (C=O) groups excluding carboxylic acids is 2. The molecule has 0 bridgehead atoms. The molecular formula is C22H32BrN3O6. The zero-order valence-electron chi connectivity index (χ0n) is 19.6. The van der Waals surface area contributed by atoms with E-state index in [1.807, 2.05) is 6.92 Å². The number of pyridine rings is 1. The summed E-state index contributed by atoms with van der Waals surface area (Å²) in [5, 5.41) is 12.4. The quantitative estimate of drug-likeness (QED) is 0.578. The molecule has 0 saturated carbocycles. The van der Waals surface area contributed by atoms with Crippen molar-refractivity contribution in [3.8, 4) is 5.75 Å². The van der Waals surface area contributed by atoms with Crippen molar-refractivity contribution in [1.82, 2.24) is 15.2 Å². The Morgan fingerprint density at radius 1 is 1.22 bits per heavy atom. The molecule has 0 aliphatic carbocycles. The summed E-state index contributed by atoms with van der Waals surface area (Å²) in [5.74, 6) is -1.08. The number of nitrogens with one attached hydrogen (secondary N) is 1. The zero-order chi connectivity index (χ0) is 24.4. The van der Waals surface area contributed by atoms with Crippen LogP contribution < -0.4 is 10.1 Å². The van der Waals surface area contributed by atoms with Crippen molar-refractivity contribution in [3.05, 3.63) is 22.4 Å². The van der Waals surface area contributed by atoms with E-state index in [9.17, 15) is 19.5 Å². The van der Waals surface area contributed by atoms with Crippen LogP contribution in [0.5, 0.6) is 5.75 Å². The third kappa shape index (κ3) is 7.08. The van der Waals surface area contributed by atoms with Crippen LogP contribution in [-0.2, 0) is 14.3 Å². The Morgan fingerprint density at radius 3 is 2.34 bits per heavy atom. The van der Waals surface area contributed by atoms with Gasteiger partial charge in [0, 0.05) is 24.2 Å². The number of ether oxygens (including phenoxy) is 2. The Bertz CT molecular complexity index is 857. The van der Waals surface area contributed by atoms with Gasteiger partial charge in [0.1, 0.15) is 34.1 Å². The van der Waals surface area contributed by atoms with Crippen LogP contribution >= 0.6 is 15.9 Å². The van der Waals surface area contributed by atoms with Crippen LogP contribution in [0.3, 0.4) is 0 Å². The molecule has 2 amide bonds. The molecule has 9 nitrogen and oxygen atoms in total. The number of halogens is 1. The van der Waals surface area contributed by atoms with Crippen LogP contribution in [0.2, 0.25) is 0 Å². The normalized spacial score (nSPS) is 19.9. The van der Waals surface area contributed by atoms with Gasteiger partial charge in [0.25, 0.3) is 0 Å². The van der Waals surface area contributed by atoms with E-state index in [4.69, 9.17) is 9.47 Å². The summed E-state index contributed by atoms with van der Waals surface area (Å²) < 4.78 is 11.9. The van der Waals surface area contributed by atoms with Gasteiger partial charge >= 0.3 is 12.1 Å². The fourth-order valence-electron chi connectivity index (χ4n) is 3.46. The number of carboxylic acids is 1. The number of aliphatic carboxylic acids is 1. The maximum absolute atomic E-state index is 13.4. The first kappa shape index (κ1) is 25.9. The Hall–Kier alpha value is -2.36. The van der Waals surface area contributed by atoms with Gasteiger partial charge in [-0.1, -0.05) is 20.8 Å². The number of carboxylic acid groups (broad SMARTS) is 1. The second kappa shape index (κ2) is 9.64. The number of aromatic nitrogens is 1. The molecule has 1 aliphatic heterocycles. The van der Waals surface area contributed by atoms with Crippen molar-refractivity contribution in [3.63, 3.8) is 0 Å². The molecule has 0 radical (unpaired) electrons. The van der Waals surface area contributed by atoms with E-state index in [0.29, 0.717) is 10.4 Å². The maximum Gasteiger partial charge on any atom is 0.408 e. The minimum atomic E-state index is -1.12. The highest BCUT2D eigenvalue weighted by Crippen LogP contribution is 2.29. The molecule has 1 aromatic rings. The zero-order valence-corrected chi connectivity index (χ0v) is 21.1. The summed E-state index contributed by atoms with van der Waals surface area (Å²) in [4.78, 5) is 43.2. The SMILES string of the molecule is Cc1cc(O[C@@H]2CC(C(=O)O)N(C(=O)[C@@H](NC(=O)OC(C)(C)C)C(C)(C)C)C2)cc(Br)n1. The van der Waals surface area contributed by atoms with E-state index in [-0.39, 0.29) is 13.0 Å². The van der Waals surface area contributed by atoms with Crippen molar-refractivity contribution in [2.45, 2.75) is 78.7 Å². The molecule has 10 heteroatoms. The first-order valence-corrected chi connectivity index (χ1v) is 11.2. The maximum atomic E-state index is 13.4. The Balaban J connectivity index is 2.23. The second-order valence-corrected chi connectivity index (χ2v) is 10.8. The lowest BCUT2D eigenvalue weighted by Crippen LogP contribution is -2.57. The fourth-order valence-corrected chi connectivity index (χ4v) is 3.96. The topological polar surface area (TPSA) is 118 Å². The van der Waals surface area contributed by atoms with Gasteiger partial charge in [-0.05, 0) is 49.0 Å². The molecule has 2 N–H and O–H groups in total. The van der Waals surface area contributed by atoms with E-state index in [1.165, 1.54) is 4.90 Å². The third-order valence-corrected chi connectivity index (χ3v) is 5.21. The largest absolute Gasteiger partial charge is 0.488 e. The molecule has 2 heterocycles. The van der Waals surface area contributed by atoms with Crippen molar-refractivity contribution < 1.29 is 29.0 Å². The molecule has 2 rings (SSSR count). The number of rotatable bonds is 5. The third-order valence-electron chi connectivity index (χ3n) is 4.80. The van der Waals surface area contributed by atoms with Gasteiger partial charge in [-0.25, -0.2) is 14.6 Å². The molecular weight excluding hydrogens is 482 g/mol. The van der Waals surface area contributed by atoms with Crippen molar-refractivity contribution in [1.29, 1.82) is 0 Å². The molecule has 1 saturated heterocycles. The Labute approximate surface area is 197 Å². The molecule has 1 aliphatic rings. The predicted molar refractivity (Wildman–Crippen MR) is 121 cm³/mol. The number of hydrogen-bond acceptors (Lipinski definition) is 6. The highest BCUT2D eigenvalue weighted by molar-refractivity contribution is 9.10. The van der Waals surface area contributed by atoms with Gasteiger partial charge in [0.2, 0.25) is 5.91 Å². The minimum Gasteiger partial charge on any atom is -0.488 e. The van der Waals surface area contributed by atoms with Gasteiger partial charge in [0.15, 0.2) is 0 Å². The fraction of sp³-hybridized carbons (Fsp3) is 0.636. The summed E-state index contributed by atoms with van der Waals surface area (Å²) in [6, 6.07) is 1.39. The monoisotopic (exact) mass is 513 g/mol. The molecule has 1 unspecified atom stereocenters. The molecule has 178 valence electrons. The Morgan fingerprint density at radius 2 is 1.84 bits per heavy atom. The summed E-state index contributed by atoms with van der Waals surface area (Å²) in [7, 11) is 0. The lowest BCUT2D eigenvalue weighted by atomic mass is 9.85. The van der Waals surface area contributed by atoms with E-state index >= 15 is 0 Å². The van der Waals surface area contributed by atoms with Crippen molar-refractivity contribution >= 4 is 33.9 Å². The van der Waals surface area contributed by atoms with Crippen LogP contribution in [0, 0.1) is 12.3 Å². The summed E-state index contributed by atoms with van der Waals surface area (Å²) in [6.45, 7) is 12.5. The number of hydrogen-bond donors (Lipinski definition) is 2. The first-order chi connectivity index (χ1) is 14.6. The average Bonchev–Trinajstić information content (AvgIpc) is 2.99. The number of amides is 2. The summed E-state index contributed by atoms with van der Waals surface area (Å²) in [5.41, 5.74) is -0.671. The lowest BCUT2D eigenvalue weighted by Gasteiger charge is -2.35. The minimum absolute atomic E-state index is 0.0807. The second-order valence-electron chi connectivity index (χ2n) is 10.0. The molecule has 0 aromatic carbocycles. The molecule has 1 aromatic heterocycles. The van der Waals surface area contributed by atoms with E-state index in [0.717, 1.165) is 5.69 Å². The average molecular weight is 514 g/mol. The van der Waals surface area contributed by atoms with Gasteiger partial charge in [-0.15, -0.1) is 0 Å². The molecule has 3 atom stereocenters.